The molecule has 1 fully saturated rings. The van der Waals surface area contributed by atoms with Gasteiger partial charge in [0.2, 0.25) is 0 Å². The van der Waals surface area contributed by atoms with Crippen molar-refractivity contribution in [2.24, 2.45) is 16.7 Å². The van der Waals surface area contributed by atoms with Gasteiger partial charge in [-0.05, 0) is 37.5 Å². The number of esters is 3. The summed E-state index contributed by atoms with van der Waals surface area (Å²) in [6, 6.07) is 0. The van der Waals surface area contributed by atoms with Gasteiger partial charge in [0.15, 0.2) is 6.61 Å². The van der Waals surface area contributed by atoms with Crippen molar-refractivity contribution in [1.29, 1.82) is 0 Å². The molecule has 0 aromatic heterocycles. The highest BCUT2D eigenvalue weighted by atomic mass is 19.3. The summed E-state index contributed by atoms with van der Waals surface area (Å²) < 4.78 is 51.4. The quantitative estimate of drug-likeness (QED) is 0.148. The van der Waals surface area contributed by atoms with Crippen LogP contribution in [0.25, 0.3) is 0 Å². The molecule has 43 heavy (non-hydrogen) atoms. The second-order valence-electron chi connectivity index (χ2n) is 11.8. The summed E-state index contributed by atoms with van der Waals surface area (Å²) >= 11 is 0. The van der Waals surface area contributed by atoms with Gasteiger partial charge >= 0.3 is 30.1 Å². The summed E-state index contributed by atoms with van der Waals surface area (Å²) in [5, 5.41) is 5.34. The Morgan fingerprint density at radius 1 is 0.767 bits per heavy atom. The van der Waals surface area contributed by atoms with Gasteiger partial charge in [0.05, 0.1) is 0 Å². The topological polar surface area (TPSA) is 156 Å². The number of alkyl carbamates (subject to hydrolysis) is 2. The highest BCUT2D eigenvalue weighted by Gasteiger charge is 2.43. The zero-order valence-electron chi connectivity index (χ0n) is 25.1. The number of hydrogen-bond acceptors (Lipinski definition) is 10. The van der Waals surface area contributed by atoms with E-state index in [-0.39, 0.29) is 17.9 Å². The Bertz CT molecular complexity index is 997. The number of carbonyl (C=O) groups is 5. The maximum absolute atomic E-state index is 13.0. The van der Waals surface area contributed by atoms with Gasteiger partial charge in [0.1, 0.15) is 31.8 Å². The van der Waals surface area contributed by atoms with Gasteiger partial charge in [-0.15, -0.1) is 0 Å². The van der Waals surface area contributed by atoms with E-state index in [1.807, 2.05) is 13.8 Å². The van der Waals surface area contributed by atoms with Crippen LogP contribution < -0.4 is 10.6 Å². The average Bonchev–Trinajstić information content (AvgIpc) is 2.91. The van der Waals surface area contributed by atoms with Crippen molar-refractivity contribution in [3.05, 3.63) is 38.0 Å². The summed E-state index contributed by atoms with van der Waals surface area (Å²) in [5.74, 6) is -5.75. The number of hydrogen-bond donors (Lipinski definition) is 2. The largest absolute Gasteiger partial charge is 0.462 e. The molecular formula is C29H42F2N2O10. The third-order valence-corrected chi connectivity index (χ3v) is 6.42. The van der Waals surface area contributed by atoms with Gasteiger partial charge in [-0.3, -0.25) is 0 Å². The Hall–Kier alpha value is -3.97. The highest BCUT2D eigenvalue weighted by Crippen LogP contribution is 2.43. The van der Waals surface area contributed by atoms with Gasteiger partial charge < -0.3 is 34.3 Å². The number of amides is 2. The molecular weight excluding hydrogens is 574 g/mol. The van der Waals surface area contributed by atoms with E-state index in [1.165, 1.54) is 0 Å². The van der Waals surface area contributed by atoms with E-state index < -0.39 is 80.0 Å². The van der Waals surface area contributed by atoms with Gasteiger partial charge in [-0.2, -0.15) is 0 Å². The van der Waals surface area contributed by atoms with Crippen molar-refractivity contribution in [3.63, 3.8) is 0 Å². The molecule has 14 heteroatoms. The predicted octanol–water partition coefficient (Wildman–Crippen LogP) is 3.85. The van der Waals surface area contributed by atoms with E-state index in [2.05, 4.69) is 35.1 Å². The van der Waals surface area contributed by atoms with E-state index in [1.54, 1.807) is 6.92 Å². The fourth-order valence-electron chi connectivity index (χ4n) is 5.00. The fourth-order valence-corrected chi connectivity index (χ4v) is 5.00. The predicted molar refractivity (Wildman–Crippen MR) is 150 cm³/mol. The zero-order chi connectivity index (χ0) is 32.9. The molecule has 1 saturated carbocycles. The first-order valence-corrected chi connectivity index (χ1v) is 13.5. The number of carbonyl (C=O) groups excluding carboxylic acids is 5. The maximum Gasteiger partial charge on any atom is 0.407 e. The molecule has 0 heterocycles. The van der Waals surface area contributed by atoms with E-state index in [4.69, 9.17) is 18.9 Å². The molecule has 2 N–H and O–H groups in total. The first-order chi connectivity index (χ1) is 19.9. The average molecular weight is 617 g/mol. The van der Waals surface area contributed by atoms with Gasteiger partial charge in [0, 0.05) is 37.2 Å². The van der Waals surface area contributed by atoms with Crippen LogP contribution in [0, 0.1) is 16.7 Å². The molecule has 1 aliphatic rings. The molecule has 0 saturated heterocycles. The third-order valence-electron chi connectivity index (χ3n) is 6.42. The second kappa shape index (κ2) is 16.0. The number of nitrogens with one attached hydrogen (secondary N) is 2. The number of alkyl halides is 2. The lowest BCUT2D eigenvalue weighted by Gasteiger charge is -2.46. The lowest BCUT2D eigenvalue weighted by atomic mass is 9.64. The Labute approximate surface area is 250 Å². The monoisotopic (exact) mass is 616 g/mol. The minimum atomic E-state index is -3.15. The summed E-state index contributed by atoms with van der Waals surface area (Å²) in [6.45, 7) is 13.5. The van der Waals surface area contributed by atoms with Crippen molar-refractivity contribution >= 4 is 30.1 Å². The van der Waals surface area contributed by atoms with E-state index >= 15 is 0 Å². The van der Waals surface area contributed by atoms with Gasteiger partial charge in [0.25, 0.3) is 5.92 Å². The minimum absolute atomic E-state index is 0.130. The Balaban J connectivity index is 3.00. The Morgan fingerprint density at radius 3 is 1.65 bits per heavy atom. The SMILES string of the molecule is C=CC(=O)OCC(COC(=O)C=C)(COC(=O)C=C)COC(=O)NC1(C)CC(CNC(=O)OCC(C)(F)F)CC(C)(C)C1. The summed E-state index contributed by atoms with van der Waals surface area (Å²) in [5.41, 5.74) is -2.59. The number of halogens is 2. The first kappa shape index (κ1) is 37.1. The summed E-state index contributed by atoms with van der Waals surface area (Å²) in [4.78, 5) is 60.3. The molecule has 0 aliphatic heterocycles. The lowest BCUT2D eigenvalue weighted by Crippen LogP contribution is -2.55. The molecule has 1 rings (SSSR count). The van der Waals surface area contributed by atoms with Crippen LogP contribution in [0.15, 0.2) is 38.0 Å². The van der Waals surface area contributed by atoms with Crippen molar-refractivity contribution in [2.75, 3.05) is 39.6 Å². The van der Waals surface area contributed by atoms with E-state index in [0.717, 1.165) is 18.2 Å². The normalized spacial score (nSPS) is 19.5. The van der Waals surface area contributed by atoms with E-state index in [0.29, 0.717) is 26.2 Å². The molecule has 0 aromatic rings. The van der Waals surface area contributed by atoms with Crippen molar-refractivity contribution in [1.82, 2.24) is 10.6 Å². The van der Waals surface area contributed by atoms with Crippen LogP contribution in [0.3, 0.4) is 0 Å². The van der Waals surface area contributed by atoms with Crippen LogP contribution in [-0.2, 0) is 38.1 Å². The van der Waals surface area contributed by atoms with Gasteiger partial charge in [-0.1, -0.05) is 33.6 Å². The minimum Gasteiger partial charge on any atom is -0.462 e. The Kier molecular flexibility index (Phi) is 13.8. The maximum atomic E-state index is 13.0. The number of ether oxygens (including phenoxy) is 5. The molecule has 0 bridgehead atoms. The molecule has 2 atom stereocenters. The summed E-state index contributed by atoms with van der Waals surface area (Å²) in [6.07, 6.45) is 2.49. The summed E-state index contributed by atoms with van der Waals surface area (Å²) in [7, 11) is 0. The van der Waals surface area contributed by atoms with Crippen molar-refractivity contribution in [3.8, 4) is 0 Å². The van der Waals surface area contributed by atoms with Crippen LogP contribution in [0.1, 0.15) is 47.0 Å². The molecule has 0 radical (unpaired) electrons. The molecule has 0 aromatic carbocycles. The van der Waals surface area contributed by atoms with E-state index in [9.17, 15) is 32.8 Å². The smallest absolute Gasteiger partial charge is 0.407 e. The standard InChI is InChI=1S/C29H42F2N2O10/c1-8-21(34)39-16-29(17-40-22(35)9-2,18-41-23(36)10-3)19-43-25(38)33-27(6)12-20(11-26(4,5)14-27)13-32-24(37)42-15-28(7,30)31/h8-10,20H,1-3,11-19H2,4-7H3,(H,32,37)(H,33,38). The highest BCUT2D eigenvalue weighted by molar-refractivity contribution is 5.82. The molecule has 12 nitrogen and oxygen atoms in total. The van der Waals surface area contributed by atoms with Crippen LogP contribution in [0.4, 0.5) is 18.4 Å². The molecule has 242 valence electrons. The first-order valence-electron chi connectivity index (χ1n) is 13.5. The van der Waals surface area contributed by atoms with Crippen LogP contribution in [-0.4, -0.2) is 81.1 Å². The zero-order valence-corrected chi connectivity index (χ0v) is 25.1. The van der Waals surface area contributed by atoms with Crippen LogP contribution in [0.2, 0.25) is 0 Å². The van der Waals surface area contributed by atoms with Crippen LogP contribution >= 0.6 is 0 Å². The lowest BCUT2D eigenvalue weighted by molar-refractivity contribution is -0.159. The van der Waals surface area contributed by atoms with Crippen molar-refractivity contribution < 1.29 is 56.4 Å². The molecule has 2 unspecified atom stereocenters. The number of rotatable bonds is 16. The van der Waals surface area contributed by atoms with Crippen LogP contribution in [0.5, 0.6) is 0 Å². The fraction of sp³-hybridized carbons (Fsp3) is 0.621. The molecule has 1 aliphatic carbocycles. The Morgan fingerprint density at radius 2 is 1.21 bits per heavy atom. The van der Waals surface area contributed by atoms with Crippen molar-refractivity contribution in [2.45, 2.75) is 58.4 Å². The second-order valence-corrected chi connectivity index (χ2v) is 11.8. The van der Waals surface area contributed by atoms with Gasteiger partial charge in [-0.25, -0.2) is 32.8 Å². The third kappa shape index (κ3) is 14.7. The molecule has 2 amide bonds. The molecule has 0 spiro atoms.